The van der Waals surface area contributed by atoms with Gasteiger partial charge in [-0.2, -0.15) is 8.42 Å². The first kappa shape index (κ1) is 14.4. The van der Waals surface area contributed by atoms with Crippen molar-refractivity contribution in [1.82, 2.24) is 0 Å². The fourth-order valence-corrected chi connectivity index (χ4v) is 1.65. The largest absolute Gasteiger partial charge is 0.396 e. The summed E-state index contributed by atoms with van der Waals surface area (Å²) >= 11 is 5.47. The number of hydrogen-bond donors (Lipinski definition) is 2. The van der Waals surface area contributed by atoms with E-state index in [-0.39, 0.29) is 9.92 Å². The smallest absolute Gasteiger partial charge is 0.296 e. The normalized spacial score (nSPS) is 10.4. The van der Waals surface area contributed by atoms with E-state index >= 15 is 0 Å². The van der Waals surface area contributed by atoms with Gasteiger partial charge in [-0.1, -0.05) is 30.7 Å². The van der Waals surface area contributed by atoms with Crippen molar-refractivity contribution in [1.29, 1.82) is 0 Å². The zero-order chi connectivity index (χ0) is 11.9. The Labute approximate surface area is 94.3 Å². The average Bonchev–Trinajstić information content (AvgIpc) is 2.17. The van der Waals surface area contributed by atoms with Crippen molar-refractivity contribution in [3.63, 3.8) is 0 Å². The Hall–Kier alpha value is -0.620. The van der Waals surface area contributed by atoms with E-state index in [9.17, 15) is 8.42 Å². The Balaban J connectivity index is 0.000000423. The lowest BCUT2D eigenvalue weighted by molar-refractivity contribution is 0.295. The molecular formula is C9H13ClO4S. The molecule has 1 rings (SSSR count). The van der Waals surface area contributed by atoms with Crippen molar-refractivity contribution in [2.75, 3.05) is 6.61 Å². The van der Waals surface area contributed by atoms with Crippen LogP contribution in [0.15, 0.2) is 29.2 Å². The van der Waals surface area contributed by atoms with Gasteiger partial charge < -0.3 is 5.11 Å². The summed E-state index contributed by atoms with van der Waals surface area (Å²) in [7, 11) is -4.17. The highest BCUT2D eigenvalue weighted by Gasteiger charge is 2.12. The molecule has 0 atom stereocenters. The molecule has 0 aliphatic rings. The number of rotatable bonds is 2. The molecule has 2 N–H and O–H groups in total. The van der Waals surface area contributed by atoms with E-state index in [0.29, 0.717) is 6.61 Å². The second-order valence-electron chi connectivity index (χ2n) is 2.63. The molecule has 15 heavy (non-hydrogen) atoms. The van der Waals surface area contributed by atoms with Crippen LogP contribution < -0.4 is 0 Å². The highest BCUT2D eigenvalue weighted by molar-refractivity contribution is 7.86. The minimum atomic E-state index is -4.17. The van der Waals surface area contributed by atoms with E-state index in [1.54, 1.807) is 6.07 Å². The standard InChI is InChI=1S/C6H5ClO3S.C3H8O/c7-5-3-1-2-4-6(5)11(8,9)10;1-2-3-4/h1-4H,(H,8,9,10);4H,2-3H2,1H3. The highest BCUT2D eigenvalue weighted by atomic mass is 35.5. The molecular weight excluding hydrogens is 240 g/mol. The van der Waals surface area contributed by atoms with E-state index in [4.69, 9.17) is 21.3 Å². The molecule has 0 bridgehead atoms. The minimum Gasteiger partial charge on any atom is -0.396 e. The van der Waals surface area contributed by atoms with Gasteiger partial charge in [-0.05, 0) is 18.6 Å². The first-order chi connectivity index (χ1) is 6.93. The Kier molecular flexibility index (Phi) is 6.51. The summed E-state index contributed by atoms with van der Waals surface area (Å²) in [6, 6.07) is 5.69. The van der Waals surface area contributed by atoms with Crippen LogP contribution in [0, 0.1) is 0 Å². The Morgan fingerprint density at radius 3 is 2.07 bits per heavy atom. The summed E-state index contributed by atoms with van der Waals surface area (Å²) in [6.45, 7) is 2.25. The molecule has 0 radical (unpaired) electrons. The monoisotopic (exact) mass is 252 g/mol. The second kappa shape index (κ2) is 6.79. The van der Waals surface area contributed by atoms with Gasteiger partial charge in [0, 0.05) is 6.61 Å². The predicted octanol–water partition coefficient (Wildman–Crippen LogP) is 1.98. The molecule has 86 valence electrons. The van der Waals surface area contributed by atoms with Crippen LogP contribution in [0.25, 0.3) is 0 Å². The molecule has 0 aliphatic heterocycles. The Bertz CT molecular complexity index is 387. The second-order valence-corrected chi connectivity index (χ2v) is 4.43. The van der Waals surface area contributed by atoms with Crippen molar-refractivity contribution < 1.29 is 18.1 Å². The van der Waals surface area contributed by atoms with Crippen molar-refractivity contribution in [3.8, 4) is 0 Å². The maximum atomic E-state index is 10.5. The predicted molar refractivity (Wildman–Crippen MR) is 58.6 cm³/mol. The number of halogens is 1. The van der Waals surface area contributed by atoms with Crippen LogP contribution in [-0.4, -0.2) is 24.7 Å². The lowest BCUT2D eigenvalue weighted by Crippen LogP contribution is -1.97. The lowest BCUT2D eigenvalue weighted by Gasteiger charge is -1.97. The SMILES string of the molecule is CCCO.O=S(=O)(O)c1ccccc1Cl. The molecule has 0 aromatic heterocycles. The van der Waals surface area contributed by atoms with Gasteiger partial charge in [0.25, 0.3) is 10.1 Å². The van der Waals surface area contributed by atoms with Crippen molar-refractivity contribution >= 4 is 21.7 Å². The molecule has 0 saturated carbocycles. The summed E-state index contributed by atoms with van der Waals surface area (Å²) in [5, 5.41) is 7.90. The molecule has 0 unspecified atom stereocenters. The van der Waals surface area contributed by atoms with Gasteiger partial charge in [0.2, 0.25) is 0 Å². The molecule has 0 amide bonds. The fourth-order valence-electron chi connectivity index (χ4n) is 0.654. The van der Waals surface area contributed by atoms with Gasteiger partial charge in [-0.3, -0.25) is 4.55 Å². The maximum Gasteiger partial charge on any atom is 0.296 e. The molecule has 0 aliphatic carbocycles. The number of aliphatic hydroxyl groups excluding tert-OH is 1. The minimum absolute atomic E-state index is 0.0231. The van der Waals surface area contributed by atoms with Crippen molar-refractivity contribution in [3.05, 3.63) is 29.3 Å². The summed E-state index contributed by atoms with van der Waals surface area (Å²) < 4.78 is 29.6. The number of hydrogen-bond acceptors (Lipinski definition) is 3. The first-order valence-corrected chi connectivity index (χ1v) is 6.08. The van der Waals surface area contributed by atoms with Gasteiger partial charge in [-0.15, -0.1) is 0 Å². The van der Waals surface area contributed by atoms with Crippen molar-refractivity contribution in [2.24, 2.45) is 0 Å². The van der Waals surface area contributed by atoms with Crippen LogP contribution in [0.4, 0.5) is 0 Å². The van der Waals surface area contributed by atoms with E-state index in [1.807, 2.05) is 6.92 Å². The highest BCUT2D eigenvalue weighted by Crippen LogP contribution is 2.19. The van der Waals surface area contributed by atoms with E-state index in [0.717, 1.165) is 6.42 Å². The van der Waals surface area contributed by atoms with E-state index in [2.05, 4.69) is 0 Å². The average molecular weight is 253 g/mol. The third kappa shape index (κ3) is 5.74. The molecule has 6 heteroatoms. The maximum absolute atomic E-state index is 10.5. The van der Waals surface area contributed by atoms with Gasteiger partial charge >= 0.3 is 0 Å². The molecule has 1 aromatic carbocycles. The van der Waals surface area contributed by atoms with Gasteiger partial charge in [0.1, 0.15) is 4.90 Å². The van der Waals surface area contributed by atoms with Crippen molar-refractivity contribution in [2.45, 2.75) is 18.2 Å². The van der Waals surface area contributed by atoms with Gasteiger partial charge in [0.05, 0.1) is 5.02 Å². The van der Waals surface area contributed by atoms with Crippen LogP contribution in [-0.2, 0) is 10.1 Å². The summed E-state index contributed by atoms with van der Waals surface area (Å²) in [5.74, 6) is 0. The third-order valence-corrected chi connectivity index (χ3v) is 2.69. The zero-order valence-electron chi connectivity index (χ0n) is 8.22. The first-order valence-electron chi connectivity index (χ1n) is 4.26. The fraction of sp³-hybridized carbons (Fsp3) is 0.333. The third-order valence-electron chi connectivity index (χ3n) is 1.34. The summed E-state index contributed by atoms with van der Waals surface area (Å²) in [6.07, 6.45) is 0.875. The van der Waals surface area contributed by atoms with E-state index < -0.39 is 10.1 Å². The summed E-state index contributed by atoms with van der Waals surface area (Å²) in [5.41, 5.74) is 0. The van der Waals surface area contributed by atoms with Crippen LogP contribution in [0.2, 0.25) is 5.02 Å². The summed E-state index contributed by atoms with van der Waals surface area (Å²) in [4.78, 5) is -0.262. The zero-order valence-corrected chi connectivity index (χ0v) is 9.79. The number of aliphatic hydroxyl groups is 1. The van der Waals surface area contributed by atoms with Crippen LogP contribution in [0.3, 0.4) is 0 Å². The number of benzene rings is 1. The van der Waals surface area contributed by atoms with Gasteiger partial charge in [-0.25, -0.2) is 0 Å². The molecule has 0 fully saturated rings. The lowest BCUT2D eigenvalue weighted by atomic mass is 10.4. The molecule has 4 nitrogen and oxygen atoms in total. The van der Waals surface area contributed by atoms with Gasteiger partial charge in [0.15, 0.2) is 0 Å². The Morgan fingerprint density at radius 1 is 1.33 bits per heavy atom. The molecule has 0 saturated heterocycles. The van der Waals surface area contributed by atoms with Crippen LogP contribution in [0.5, 0.6) is 0 Å². The molecule has 0 spiro atoms. The Morgan fingerprint density at radius 2 is 1.80 bits per heavy atom. The van der Waals surface area contributed by atoms with Crippen LogP contribution in [0.1, 0.15) is 13.3 Å². The molecule has 1 aromatic rings. The quantitative estimate of drug-likeness (QED) is 0.790. The molecule has 0 heterocycles. The van der Waals surface area contributed by atoms with E-state index in [1.165, 1.54) is 18.2 Å². The topological polar surface area (TPSA) is 74.6 Å². The van der Waals surface area contributed by atoms with Crippen LogP contribution >= 0.6 is 11.6 Å².